The van der Waals surface area contributed by atoms with Crippen LogP contribution in [0.4, 0.5) is 0 Å². The van der Waals surface area contributed by atoms with Crippen LogP contribution in [-0.4, -0.2) is 34.1 Å². The van der Waals surface area contributed by atoms with Gasteiger partial charge < -0.3 is 5.02 Å². The second-order valence-electron chi connectivity index (χ2n) is 4.19. The molecule has 1 aliphatic rings. The number of nitrogens with zero attached hydrogens (tertiary/aromatic N) is 3. The number of thiazole rings is 1. The molecule has 0 saturated carbocycles. The number of carbonyl (C=O) groups is 1. The summed E-state index contributed by atoms with van der Waals surface area (Å²) in [5, 5.41) is 16.4. The lowest BCUT2D eigenvalue weighted by molar-refractivity contribution is 0.0845. The third-order valence-corrected chi connectivity index (χ3v) is 3.79. The van der Waals surface area contributed by atoms with Gasteiger partial charge in [0, 0.05) is 11.1 Å². The van der Waals surface area contributed by atoms with Crippen molar-refractivity contribution in [3.05, 3.63) is 45.9 Å². The Balaban J connectivity index is 1.94. The lowest BCUT2D eigenvalue weighted by atomic mass is 9.70. The van der Waals surface area contributed by atoms with Gasteiger partial charge >= 0.3 is 7.05 Å². The molecule has 5 nitrogen and oxygen atoms in total. The summed E-state index contributed by atoms with van der Waals surface area (Å²) in [7, 11) is -1.07. The van der Waals surface area contributed by atoms with E-state index in [-0.39, 0.29) is 0 Å². The molecule has 0 radical (unpaired) electrons. The van der Waals surface area contributed by atoms with Gasteiger partial charge in [0.15, 0.2) is 5.01 Å². The van der Waals surface area contributed by atoms with E-state index in [4.69, 9.17) is 0 Å². The Hall–Kier alpha value is -1.99. The zero-order valence-electron chi connectivity index (χ0n) is 10.1. The van der Waals surface area contributed by atoms with Crippen molar-refractivity contribution in [2.75, 3.05) is 0 Å². The summed E-state index contributed by atoms with van der Waals surface area (Å²) in [4.78, 5) is 17.4. The molecule has 0 unspecified atom stereocenters. The zero-order chi connectivity index (χ0) is 13.4. The molecule has 0 aliphatic carbocycles. The number of hydrazone groups is 1. The molecule has 2 heterocycles. The molecule has 1 aromatic heterocycles. The van der Waals surface area contributed by atoms with E-state index in [9.17, 15) is 9.82 Å². The number of fused-ring (bicyclic) bond motifs is 1. The fraction of sp³-hybridized carbons (Fsp3) is 0.0833. The summed E-state index contributed by atoms with van der Waals surface area (Å²) < 4.78 is 0. The SMILES string of the molecule is Cc1csc(C(=O)N2N=Cc3ccccc3B2O)n1. The maximum absolute atomic E-state index is 12.2. The number of carbonyl (C=O) groups excluding carboxylic acids is 1. The van der Waals surface area contributed by atoms with E-state index >= 15 is 0 Å². The molecule has 0 saturated heterocycles. The normalized spacial score (nSPS) is 13.6. The van der Waals surface area contributed by atoms with Gasteiger partial charge in [-0.1, -0.05) is 24.3 Å². The van der Waals surface area contributed by atoms with Gasteiger partial charge in [-0.3, -0.25) is 4.79 Å². The highest BCUT2D eigenvalue weighted by Crippen LogP contribution is 2.14. The van der Waals surface area contributed by atoms with Crippen LogP contribution in [0.25, 0.3) is 0 Å². The first-order valence-corrected chi connectivity index (χ1v) is 6.61. The summed E-state index contributed by atoms with van der Waals surface area (Å²) in [6.45, 7) is 1.82. The van der Waals surface area contributed by atoms with Gasteiger partial charge in [-0.25, -0.2) is 9.90 Å². The van der Waals surface area contributed by atoms with Crippen molar-refractivity contribution in [1.82, 2.24) is 9.90 Å². The van der Waals surface area contributed by atoms with Crippen LogP contribution in [-0.2, 0) is 0 Å². The third-order valence-electron chi connectivity index (χ3n) is 2.84. The van der Waals surface area contributed by atoms with Crippen LogP contribution < -0.4 is 5.46 Å². The van der Waals surface area contributed by atoms with Crippen molar-refractivity contribution < 1.29 is 9.82 Å². The molecule has 0 fully saturated rings. The first kappa shape index (κ1) is 12.1. The Morgan fingerprint density at radius 3 is 2.95 bits per heavy atom. The molecule has 0 spiro atoms. The Morgan fingerprint density at radius 2 is 2.21 bits per heavy atom. The summed E-state index contributed by atoms with van der Waals surface area (Å²) in [6, 6.07) is 7.30. The molecule has 1 aromatic carbocycles. The lowest BCUT2D eigenvalue weighted by Gasteiger charge is -2.23. The first-order valence-electron chi connectivity index (χ1n) is 5.73. The van der Waals surface area contributed by atoms with E-state index in [0.29, 0.717) is 10.5 Å². The summed E-state index contributed by atoms with van der Waals surface area (Å²) in [5.74, 6) is -0.392. The molecule has 0 atom stereocenters. The Morgan fingerprint density at radius 1 is 1.42 bits per heavy atom. The molecule has 2 aromatic rings. The molecule has 94 valence electrons. The number of rotatable bonds is 1. The van der Waals surface area contributed by atoms with E-state index in [1.54, 1.807) is 17.7 Å². The highest BCUT2D eigenvalue weighted by atomic mass is 32.1. The van der Waals surface area contributed by atoms with Crippen molar-refractivity contribution in [3.63, 3.8) is 0 Å². The lowest BCUT2D eigenvalue weighted by Crippen LogP contribution is -2.52. The molecule has 1 N–H and O–H groups in total. The van der Waals surface area contributed by atoms with Crippen LogP contribution in [0, 0.1) is 6.92 Å². The van der Waals surface area contributed by atoms with Gasteiger partial charge in [0.1, 0.15) is 0 Å². The molecule has 3 rings (SSSR count). The number of hydrogen-bond acceptors (Lipinski definition) is 5. The van der Waals surface area contributed by atoms with E-state index in [1.165, 1.54) is 11.3 Å². The predicted molar refractivity (Wildman–Crippen MR) is 74.7 cm³/mol. The van der Waals surface area contributed by atoms with Gasteiger partial charge in [-0.2, -0.15) is 5.10 Å². The fourth-order valence-electron chi connectivity index (χ4n) is 1.90. The minimum atomic E-state index is -1.07. The Kier molecular flexibility index (Phi) is 2.92. The van der Waals surface area contributed by atoms with Crippen molar-refractivity contribution in [2.24, 2.45) is 5.10 Å². The Bertz CT molecular complexity index is 670. The van der Waals surface area contributed by atoms with Crippen molar-refractivity contribution in [3.8, 4) is 0 Å². The zero-order valence-corrected chi connectivity index (χ0v) is 11.0. The second-order valence-corrected chi connectivity index (χ2v) is 5.05. The standard InChI is InChI=1S/C12H10BN3O2S/c1-8-7-19-11(15-8)12(17)16-13(18)10-5-3-2-4-9(10)6-14-16/h2-7,18H,1H3. The highest BCUT2D eigenvalue weighted by Gasteiger charge is 2.34. The van der Waals surface area contributed by atoms with Gasteiger partial charge in [0.2, 0.25) is 0 Å². The maximum Gasteiger partial charge on any atom is 0.474 e. The van der Waals surface area contributed by atoms with Crippen molar-refractivity contribution in [2.45, 2.75) is 6.92 Å². The highest BCUT2D eigenvalue weighted by molar-refractivity contribution is 7.11. The van der Waals surface area contributed by atoms with Crippen LogP contribution >= 0.6 is 11.3 Å². The van der Waals surface area contributed by atoms with Gasteiger partial charge in [-0.15, -0.1) is 11.3 Å². The molecule has 7 heteroatoms. The Labute approximate surface area is 114 Å². The van der Waals surface area contributed by atoms with Crippen LogP contribution in [0.3, 0.4) is 0 Å². The van der Waals surface area contributed by atoms with Gasteiger partial charge in [0.05, 0.1) is 6.21 Å². The minimum absolute atomic E-state index is 0.327. The largest absolute Gasteiger partial charge is 0.474 e. The minimum Gasteiger partial charge on any atom is -0.427 e. The third kappa shape index (κ3) is 2.07. The number of benzene rings is 1. The maximum atomic E-state index is 12.2. The first-order chi connectivity index (χ1) is 9.16. The van der Waals surface area contributed by atoms with Gasteiger partial charge in [0.25, 0.3) is 5.91 Å². The number of aryl methyl sites for hydroxylation is 1. The van der Waals surface area contributed by atoms with E-state index in [1.807, 2.05) is 25.1 Å². The monoisotopic (exact) mass is 271 g/mol. The molecular formula is C12H10BN3O2S. The molecule has 0 bridgehead atoms. The smallest absolute Gasteiger partial charge is 0.427 e. The predicted octanol–water partition coefficient (Wildman–Crippen LogP) is 0.629. The topological polar surface area (TPSA) is 65.8 Å². The summed E-state index contributed by atoms with van der Waals surface area (Å²) in [5.41, 5.74) is 2.26. The van der Waals surface area contributed by atoms with Crippen LogP contribution in [0.1, 0.15) is 21.1 Å². The van der Waals surface area contributed by atoms with Crippen molar-refractivity contribution in [1.29, 1.82) is 0 Å². The number of aromatic nitrogens is 1. The van der Waals surface area contributed by atoms with Gasteiger partial charge in [-0.05, 0) is 17.9 Å². The summed E-state index contributed by atoms with van der Waals surface area (Å²) in [6.07, 6.45) is 1.57. The van der Waals surface area contributed by atoms with Crippen LogP contribution in [0.5, 0.6) is 0 Å². The quantitative estimate of drug-likeness (QED) is 0.773. The molecular weight excluding hydrogens is 261 g/mol. The number of amides is 1. The molecule has 1 amide bonds. The molecule has 19 heavy (non-hydrogen) atoms. The number of hydrogen-bond donors (Lipinski definition) is 1. The van der Waals surface area contributed by atoms with E-state index in [2.05, 4.69) is 10.1 Å². The van der Waals surface area contributed by atoms with Crippen LogP contribution in [0.2, 0.25) is 0 Å². The van der Waals surface area contributed by atoms with Crippen LogP contribution in [0.15, 0.2) is 34.7 Å². The van der Waals surface area contributed by atoms with E-state index in [0.717, 1.165) is 16.2 Å². The fourth-order valence-corrected chi connectivity index (χ4v) is 2.62. The van der Waals surface area contributed by atoms with E-state index < -0.39 is 13.0 Å². The summed E-state index contributed by atoms with van der Waals surface area (Å²) >= 11 is 1.25. The second kappa shape index (κ2) is 4.60. The molecule has 1 aliphatic heterocycles. The average Bonchev–Trinajstić information content (AvgIpc) is 2.85. The average molecular weight is 271 g/mol. The van der Waals surface area contributed by atoms with Crippen molar-refractivity contribution >= 4 is 36.0 Å².